The number of nitrogens with one attached hydrogen (secondary N) is 1. The monoisotopic (exact) mass is 287 g/mol. The minimum Gasteiger partial charge on any atom is -0.352 e. The molecule has 4 nitrogen and oxygen atoms in total. The summed E-state index contributed by atoms with van der Waals surface area (Å²) in [5.41, 5.74) is 1.45. The second kappa shape index (κ2) is 6.68. The summed E-state index contributed by atoms with van der Waals surface area (Å²) in [5.74, 6) is -0.0237. The van der Waals surface area contributed by atoms with Gasteiger partial charge in [0, 0.05) is 25.1 Å². The second-order valence-electron chi connectivity index (χ2n) is 3.81. The third-order valence-electron chi connectivity index (χ3n) is 2.35. The molecule has 0 bridgehead atoms. The van der Waals surface area contributed by atoms with Gasteiger partial charge in [-0.25, -0.2) is 0 Å². The Hall–Kier alpha value is -0.840. The Morgan fingerprint density at radius 3 is 2.81 bits per heavy atom. The summed E-state index contributed by atoms with van der Waals surface area (Å²) >= 11 is 3.38. The van der Waals surface area contributed by atoms with E-state index in [1.54, 1.807) is 10.9 Å². The number of hydrogen-bond donors (Lipinski definition) is 1. The maximum atomic E-state index is 11.7. The first-order chi connectivity index (χ1) is 7.65. The van der Waals surface area contributed by atoms with E-state index < -0.39 is 0 Å². The number of hydrogen-bond acceptors (Lipinski definition) is 2. The van der Waals surface area contributed by atoms with Crippen LogP contribution in [0.3, 0.4) is 0 Å². The van der Waals surface area contributed by atoms with Crippen LogP contribution in [0.4, 0.5) is 0 Å². The lowest BCUT2D eigenvalue weighted by Crippen LogP contribution is -2.24. The molecule has 0 aliphatic heterocycles. The summed E-state index contributed by atoms with van der Waals surface area (Å²) in [4.78, 5) is 11.7. The molecule has 1 heterocycles. The van der Waals surface area contributed by atoms with Crippen molar-refractivity contribution in [2.75, 3.05) is 11.9 Å². The molecule has 0 radical (unpaired) electrons. The average molecular weight is 288 g/mol. The molecule has 0 spiro atoms. The molecule has 0 saturated heterocycles. The normalized spacial score (nSPS) is 10.4. The molecule has 5 heteroatoms. The van der Waals surface area contributed by atoms with E-state index in [0.29, 0.717) is 5.56 Å². The topological polar surface area (TPSA) is 46.9 Å². The first kappa shape index (κ1) is 13.2. The van der Waals surface area contributed by atoms with Gasteiger partial charge in [0.2, 0.25) is 0 Å². The van der Waals surface area contributed by atoms with Gasteiger partial charge in [0.25, 0.3) is 5.91 Å². The van der Waals surface area contributed by atoms with Crippen molar-refractivity contribution in [1.82, 2.24) is 15.1 Å². The fraction of sp³-hybridized carbons (Fsp3) is 0.636. The lowest BCUT2D eigenvalue weighted by molar-refractivity contribution is 0.0952. The third kappa shape index (κ3) is 3.96. The van der Waals surface area contributed by atoms with Crippen molar-refractivity contribution in [1.29, 1.82) is 0 Å². The minimum atomic E-state index is -0.0237. The second-order valence-corrected chi connectivity index (χ2v) is 4.60. The van der Waals surface area contributed by atoms with Crippen LogP contribution in [0.2, 0.25) is 0 Å². The number of carbonyl (C=O) groups is 1. The van der Waals surface area contributed by atoms with Gasteiger partial charge >= 0.3 is 0 Å². The summed E-state index contributed by atoms with van der Waals surface area (Å²) in [6.07, 6.45) is 5.07. The highest BCUT2D eigenvalue weighted by atomic mass is 79.9. The van der Waals surface area contributed by atoms with E-state index in [1.165, 1.54) is 0 Å². The van der Waals surface area contributed by atoms with Gasteiger partial charge in [-0.2, -0.15) is 5.10 Å². The molecule has 0 aromatic carbocycles. The number of nitrogens with zero attached hydrogens (tertiary/aromatic N) is 2. The molecule has 1 aromatic heterocycles. The average Bonchev–Trinajstić information content (AvgIpc) is 2.57. The number of aryl methyl sites for hydroxylation is 2. The minimum absolute atomic E-state index is 0.0237. The number of carbonyl (C=O) groups excluding carboxylic acids is 1. The highest BCUT2D eigenvalue weighted by molar-refractivity contribution is 9.09. The third-order valence-corrected chi connectivity index (χ3v) is 2.91. The molecule has 0 unspecified atom stereocenters. The van der Waals surface area contributed by atoms with E-state index in [2.05, 4.69) is 26.3 Å². The molecule has 16 heavy (non-hydrogen) atoms. The van der Waals surface area contributed by atoms with Crippen LogP contribution in [0.1, 0.15) is 35.3 Å². The lowest BCUT2D eigenvalue weighted by Gasteiger charge is -2.03. The Kier molecular flexibility index (Phi) is 5.52. The van der Waals surface area contributed by atoms with Gasteiger partial charge in [0.05, 0.1) is 11.3 Å². The highest BCUT2D eigenvalue weighted by Gasteiger charge is 2.11. The molecule has 0 saturated carbocycles. The summed E-state index contributed by atoms with van der Waals surface area (Å²) in [5, 5.41) is 8.07. The van der Waals surface area contributed by atoms with Crippen LogP contribution in [0.15, 0.2) is 6.20 Å². The van der Waals surface area contributed by atoms with Crippen LogP contribution in [-0.4, -0.2) is 27.6 Å². The van der Waals surface area contributed by atoms with Crippen molar-refractivity contribution in [2.45, 2.75) is 26.2 Å². The maximum absolute atomic E-state index is 11.7. The lowest BCUT2D eigenvalue weighted by atomic mass is 10.2. The van der Waals surface area contributed by atoms with E-state index in [4.69, 9.17) is 0 Å². The molecule has 0 atom stereocenters. The van der Waals surface area contributed by atoms with Gasteiger partial charge in [0.15, 0.2) is 0 Å². The van der Waals surface area contributed by atoms with E-state index >= 15 is 0 Å². The SMILES string of the molecule is Cc1nn(C)cc1C(=O)NCCCCCBr. The molecule has 1 aromatic rings. The van der Waals surface area contributed by atoms with Crippen LogP contribution < -0.4 is 5.32 Å². The van der Waals surface area contributed by atoms with Crippen LogP contribution in [0.5, 0.6) is 0 Å². The Bertz CT molecular complexity index is 349. The van der Waals surface area contributed by atoms with Crippen molar-refractivity contribution in [2.24, 2.45) is 7.05 Å². The van der Waals surface area contributed by atoms with E-state index in [1.807, 2.05) is 14.0 Å². The van der Waals surface area contributed by atoms with Crippen LogP contribution in [-0.2, 0) is 7.05 Å². The number of alkyl halides is 1. The van der Waals surface area contributed by atoms with Crippen molar-refractivity contribution in [3.8, 4) is 0 Å². The molecule has 0 fully saturated rings. The summed E-state index contributed by atoms with van der Waals surface area (Å²) in [6.45, 7) is 2.58. The standard InChI is InChI=1S/C11H18BrN3O/c1-9-10(8-15(2)14-9)11(16)13-7-5-3-4-6-12/h8H,3-7H2,1-2H3,(H,13,16). The highest BCUT2D eigenvalue weighted by Crippen LogP contribution is 2.04. The molecule has 90 valence electrons. The van der Waals surface area contributed by atoms with E-state index in [9.17, 15) is 4.79 Å². The number of rotatable bonds is 6. The fourth-order valence-electron chi connectivity index (χ4n) is 1.52. The first-order valence-corrected chi connectivity index (χ1v) is 6.61. The number of unbranched alkanes of at least 4 members (excludes halogenated alkanes) is 2. The number of aromatic nitrogens is 2. The Morgan fingerprint density at radius 2 is 2.25 bits per heavy atom. The predicted molar refractivity (Wildman–Crippen MR) is 67.9 cm³/mol. The zero-order valence-corrected chi connectivity index (χ0v) is 11.4. The molecule has 0 aliphatic carbocycles. The summed E-state index contributed by atoms with van der Waals surface area (Å²) in [6, 6.07) is 0. The van der Waals surface area contributed by atoms with Crippen LogP contribution in [0, 0.1) is 6.92 Å². The number of amides is 1. The summed E-state index contributed by atoms with van der Waals surface area (Å²) < 4.78 is 1.66. The van der Waals surface area contributed by atoms with Gasteiger partial charge in [-0.15, -0.1) is 0 Å². The molecule has 1 N–H and O–H groups in total. The van der Waals surface area contributed by atoms with Gasteiger partial charge in [-0.1, -0.05) is 22.4 Å². The zero-order chi connectivity index (χ0) is 12.0. The smallest absolute Gasteiger partial charge is 0.254 e. The zero-order valence-electron chi connectivity index (χ0n) is 9.79. The molecular weight excluding hydrogens is 270 g/mol. The fourth-order valence-corrected chi connectivity index (χ4v) is 1.91. The van der Waals surface area contributed by atoms with E-state index in [-0.39, 0.29) is 5.91 Å². The van der Waals surface area contributed by atoms with Crippen molar-refractivity contribution in [3.05, 3.63) is 17.5 Å². The van der Waals surface area contributed by atoms with Gasteiger partial charge in [-0.05, 0) is 19.8 Å². The molecule has 1 amide bonds. The Balaban J connectivity index is 2.33. The van der Waals surface area contributed by atoms with E-state index in [0.717, 1.165) is 36.8 Å². The Labute approximate surface area is 105 Å². The number of halogens is 1. The molecular formula is C11H18BrN3O. The van der Waals surface area contributed by atoms with Crippen LogP contribution >= 0.6 is 15.9 Å². The van der Waals surface area contributed by atoms with Crippen molar-refractivity contribution >= 4 is 21.8 Å². The largest absolute Gasteiger partial charge is 0.352 e. The van der Waals surface area contributed by atoms with Gasteiger partial charge in [-0.3, -0.25) is 9.48 Å². The molecule has 1 rings (SSSR count). The van der Waals surface area contributed by atoms with Crippen molar-refractivity contribution < 1.29 is 4.79 Å². The van der Waals surface area contributed by atoms with Crippen LogP contribution in [0.25, 0.3) is 0 Å². The van der Waals surface area contributed by atoms with Crippen molar-refractivity contribution in [3.63, 3.8) is 0 Å². The van der Waals surface area contributed by atoms with Gasteiger partial charge < -0.3 is 5.32 Å². The van der Waals surface area contributed by atoms with Gasteiger partial charge in [0.1, 0.15) is 0 Å². The summed E-state index contributed by atoms with van der Waals surface area (Å²) in [7, 11) is 1.82. The Morgan fingerprint density at radius 1 is 1.50 bits per heavy atom. The predicted octanol–water partition coefficient (Wildman–Crippen LogP) is 2.02. The molecule has 0 aliphatic rings. The maximum Gasteiger partial charge on any atom is 0.254 e. The quantitative estimate of drug-likeness (QED) is 0.643. The first-order valence-electron chi connectivity index (χ1n) is 5.49.